The predicted octanol–water partition coefficient (Wildman–Crippen LogP) is 4.70. The number of fused-ring (bicyclic) bond motifs is 1. The molecule has 2 aromatic rings. The van der Waals surface area contributed by atoms with Crippen molar-refractivity contribution in [1.29, 1.82) is 0 Å². The first-order valence-corrected chi connectivity index (χ1v) is 8.63. The lowest BCUT2D eigenvalue weighted by Crippen LogP contribution is -2.07. The number of carbonyl (C=O) groups is 2. The highest BCUT2D eigenvalue weighted by molar-refractivity contribution is 5.89. The summed E-state index contributed by atoms with van der Waals surface area (Å²) >= 11 is 0. The molecule has 0 heterocycles. The smallest absolute Gasteiger partial charge is 0.328 e. The van der Waals surface area contributed by atoms with E-state index in [-0.39, 0.29) is 5.82 Å². The molecule has 0 fully saturated rings. The summed E-state index contributed by atoms with van der Waals surface area (Å²) in [4.78, 5) is 19.1. The standard InChI is InChI=1S/C18H17F.C4H4O4/c1-2-13-11-12-14-7-3-4-8-15(14)18(13)16-9-5-6-10-17(16)19;5-3(6)1-2-4(7)8/h3-10H,2,11-12H2,1H3;1-2H,(H,5,6)(H,7,8)/b;2-1-. The van der Waals surface area contributed by atoms with Gasteiger partial charge < -0.3 is 10.2 Å². The topological polar surface area (TPSA) is 74.6 Å². The van der Waals surface area contributed by atoms with E-state index in [0.717, 1.165) is 30.4 Å². The number of benzene rings is 2. The van der Waals surface area contributed by atoms with E-state index in [0.29, 0.717) is 12.2 Å². The Bertz CT molecular complexity index is 881. The molecule has 0 bridgehead atoms. The van der Waals surface area contributed by atoms with Gasteiger partial charge in [-0.05, 0) is 42.0 Å². The number of hydrogen-bond donors (Lipinski definition) is 2. The highest BCUT2D eigenvalue weighted by Crippen LogP contribution is 2.37. The van der Waals surface area contributed by atoms with Gasteiger partial charge in [0.2, 0.25) is 0 Å². The monoisotopic (exact) mass is 368 g/mol. The molecule has 0 saturated carbocycles. The van der Waals surface area contributed by atoms with Crippen LogP contribution >= 0.6 is 0 Å². The van der Waals surface area contributed by atoms with Gasteiger partial charge in [-0.25, -0.2) is 14.0 Å². The molecule has 140 valence electrons. The van der Waals surface area contributed by atoms with E-state index in [1.54, 1.807) is 12.1 Å². The fourth-order valence-electron chi connectivity index (χ4n) is 3.08. The van der Waals surface area contributed by atoms with Crippen molar-refractivity contribution < 1.29 is 24.2 Å². The molecule has 5 heteroatoms. The molecule has 1 aliphatic carbocycles. The largest absolute Gasteiger partial charge is 0.478 e. The Kier molecular flexibility index (Phi) is 7.06. The number of aliphatic carboxylic acids is 2. The maximum atomic E-state index is 14.1. The molecule has 2 N–H and O–H groups in total. The summed E-state index contributed by atoms with van der Waals surface area (Å²) in [6.45, 7) is 2.16. The van der Waals surface area contributed by atoms with Crippen LogP contribution in [0.25, 0.3) is 5.57 Å². The van der Waals surface area contributed by atoms with E-state index in [2.05, 4.69) is 25.1 Å². The van der Waals surface area contributed by atoms with E-state index in [4.69, 9.17) is 10.2 Å². The van der Waals surface area contributed by atoms with Gasteiger partial charge in [-0.2, -0.15) is 0 Å². The van der Waals surface area contributed by atoms with Crippen LogP contribution in [0.5, 0.6) is 0 Å². The molecule has 4 nitrogen and oxygen atoms in total. The minimum absolute atomic E-state index is 0.125. The number of carboxylic acid groups (broad SMARTS) is 2. The van der Waals surface area contributed by atoms with E-state index in [9.17, 15) is 14.0 Å². The van der Waals surface area contributed by atoms with E-state index < -0.39 is 11.9 Å². The Hall–Kier alpha value is -3.21. The van der Waals surface area contributed by atoms with Crippen LogP contribution in [0.1, 0.15) is 36.5 Å². The van der Waals surface area contributed by atoms with Gasteiger partial charge >= 0.3 is 11.9 Å². The molecule has 0 aliphatic heterocycles. The van der Waals surface area contributed by atoms with E-state index in [1.807, 2.05) is 18.2 Å². The lowest BCUT2D eigenvalue weighted by atomic mass is 9.81. The predicted molar refractivity (Wildman–Crippen MR) is 102 cm³/mol. The third-order valence-electron chi connectivity index (χ3n) is 4.27. The van der Waals surface area contributed by atoms with Crippen LogP contribution in [0, 0.1) is 5.82 Å². The first-order chi connectivity index (χ1) is 12.9. The molecular formula is C22H21FO4. The molecule has 0 unspecified atom stereocenters. The second-order valence-corrected chi connectivity index (χ2v) is 5.98. The maximum Gasteiger partial charge on any atom is 0.328 e. The minimum atomic E-state index is -1.26. The van der Waals surface area contributed by atoms with Crippen molar-refractivity contribution in [3.05, 3.63) is 88.8 Å². The highest BCUT2D eigenvalue weighted by Gasteiger charge is 2.20. The van der Waals surface area contributed by atoms with Crippen molar-refractivity contribution in [2.24, 2.45) is 0 Å². The summed E-state index contributed by atoms with van der Waals surface area (Å²) < 4.78 is 14.1. The number of aryl methyl sites for hydroxylation is 1. The fourth-order valence-corrected chi connectivity index (χ4v) is 3.08. The normalized spacial score (nSPS) is 13.0. The molecule has 0 amide bonds. The lowest BCUT2D eigenvalue weighted by molar-refractivity contribution is -0.134. The van der Waals surface area contributed by atoms with Gasteiger partial charge in [0.15, 0.2) is 0 Å². The van der Waals surface area contributed by atoms with Crippen LogP contribution in [0.2, 0.25) is 0 Å². The zero-order valence-corrected chi connectivity index (χ0v) is 15.0. The second kappa shape index (κ2) is 9.48. The van der Waals surface area contributed by atoms with Gasteiger partial charge in [0, 0.05) is 17.7 Å². The number of allylic oxidation sites excluding steroid dienone is 1. The minimum Gasteiger partial charge on any atom is -0.478 e. The third-order valence-corrected chi connectivity index (χ3v) is 4.27. The Balaban J connectivity index is 0.000000279. The average Bonchev–Trinajstić information content (AvgIpc) is 2.66. The SMILES string of the molecule is CCC1=C(c2ccccc2F)c2ccccc2CC1.O=C(O)/C=C\C(=O)O. The van der Waals surface area contributed by atoms with Crippen molar-refractivity contribution in [2.75, 3.05) is 0 Å². The molecular weight excluding hydrogens is 347 g/mol. The summed E-state index contributed by atoms with van der Waals surface area (Å²) in [5.74, 6) is -2.64. The summed E-state index contributed by atoms with van der Waals surface area (Å²) in [6.07, 6.45) is 4.21. The van der Waals surface area contributed by atoms with Gasteiger partial charge in [0.25, 0.3) is 0 Å². The number of halogens is 1. The van der Waals surface area contributed by atoms with Crippen molar-refractivity contribution in [3.63, 3.8) is 0 Å². The molecule has 0 radical (unpaired) electrons. The van der Waals surface area contributed by atoms with Gasteiger partial charge in [0.05, 0.1) is 0 Å². The average molecular weight is 368 g/mol. The summed E-state index contributed by atoms with van der Waals surface area (Å²) in [5.41, 5.74) is 5.76. The van der Waals surface area contributed by atoms with Crippen LogP contribution in [0.4, 0.5) is 4.39 Å². The van der Waals surface area contributed by atoms with Crippen LogP contribution < -0.4 is 0 Å². The van der Waals surface area contributed by atoms with Crippen LogP contribution in [-0.4, -0.2) is 22.2 Å². The lowest BCUT2D eigenvalue weighted by Gasteiger charge is -2.23. The van der Waals surface area contributed by atoms with Crippen molar-refractivity contribution in [1.82, 2.24) is 0 Å². The van der Waals surface area contributed by atoms with Crippen LogP contribution in [0.3, 0.4) is 0 Å². The Morgan fingerprint density at radius 3 is 2.04 bits per heavy atom. The summed E-state index contributed by atoms with van der Waals surface area (Å²) in [7, 11) is 0. The van der Waals surface area contributed by atoms with Crippen molar-refractivity contribution in [3.8, 4) is 0 Å². The first kappa shape index (κ1) is 20.1. The van der Waals surface area contributed by atoms with E-state index in [1.165, 1.54) is 16.7 Å². The summed E-state index contributed by atoms with van der Waals surface area (Å²) in [6, 6.07) is 15.5. The maximum absolute atomic E-state index is 14.1. The summed E-state index contributed by atoms with van der Waals surface area (Å²) in [5, 5.41) is 15.6. The first-order valence-electron chi connectivity index (χ1n) is 8.63. The zero-order valence-electron chi connectivity index (χ0n) is 15.0. The zero-order chi connectivity index (χ0) is 19.8. The molecule has 1 aliphatic rings. The van der Waals surface area contributed by atoms with Gasteiger partial charge in [-0.3, -0.25) is 0 Å². The highest BCUT2D eigenvalue weighted by atomic mass is 19.1. The molecule has 3 rings (SSSR count). The second-order valence-electron chi connectivity index (χ2n) is 5.98. The molecule has 0 saturated heterocycles. The van der Waals surface area contributed by atoms with Gasteiger partial charge in [-0.15, -0.1) is 0 Å². The Morgan fingerprint density at radius 2 is 1.48 bits per heavy atom. The van der Waals surface area contributed by atoms with Crippen molar-refractivity contribution in [2.45, 2.75) is 26.2 Å². The number of hydrogen-bond acceptors (Lipinski definition) is 2. The Labute approximate surface area is 157 Å². The third kappa shape index (κ3) is 5.38. The van der Waals surface area contributed by atoms with E-state index >= 15 is 0 Å². The van der Waals surface area contributed by atoms with Crippen LogP contribution in [0.15, 0.2) is 66.3 Å². The van der Waals surface area contributed by atoms with Gasteiger partial charge in [0.1, 0.15) is 5.82 Å². The molecule has 0 aromatic heterocycles. The van der Waals surface area contributed by atoms with Crippen molar-refractivity contribution >= 4 is 17.5 Å². The number of rotatable bonds is 4. The molecule has 0 spiro atoms. The molecule has 0 atom stereocenters. The number of carboxylic acids is 2. The fraction of sp³-hybridized carbons (Fsp3) is 0.182. The Morgan fingerprint density at radius 1 is 0.926 bits per heavy atom. The quantitative estimate of drug-likeness (QED) is 0.768. The van der Waals surface area contributed by atoms with Gasteiger partial charge in [-0.1, -0.05) is 55.0 Å². The van der Waals surface area contributed by atoms with Crippen LogP contribution in [-0.2, 0) is 16.0 Å². The molecule has 27 heavy (non-hydrogen) atoms. The molecule has 2 aromatic carbocycles.